The zero-order valence-corrected chi connectivity index (χ0v) is 11.3. The molecule has 0 aliphatic heterocycles. The summed E-state index contributed by atoms with van der Waals surface area (Å²) in [7, 11) is 0. The Morgan fingerprint density at radius 3 is 2.75 bits per heavy atom. The fourth-order valence-electron chi connectivity index (χ4n) is 1.32. The highest BCUT2D eigenvalue weighted by Gasteiger charge is 2.08. The first-order valence-corrected chi connectivity index (χ1v) is 6.07. The average Bonchev–Trinajstić information content (AvgIpc) is 2.55. The van der Waals surface area contributed by atoms with Gasteiger partial charge in [-0.2, -0.15) is 5.10 Å². The molecule has 6 heteroatoms. The zero-order chi connectivity index (χ0) is 11.7. The topological polar surface area (TPSA) is 43.8 Å². The predicted octanol–water partition coefficient (Wildman–Crippen LogP) is 3.18. The molecule has 0 radical (unpaired) electrons. The summed E-state index contributed by atoms with van der Waals surface area (Å²) in [6.07, 6.45) is 1.59. The third kappa shape index (κ3) is 2.27. The minimum absolute atomic E-state index is 0.269. The van der Waals surface area contributed by atoms with Crippen LogP contribution in [0.4, 0.5) is 10.2 Å². The van der Waals surface area contributed by atoms with Crippen LogP contribution in [-0.4, -0.2) is 9.78 Å². The predicted molar refractivity (Wildman–Crippen MR) is 67.5 cm³/mol. The van der Waals surface area contributed by atoms with Crippen LogP contribution in [0.5, 0.6) is 0 Å². The lowest BCUT2D eigenvalue weighted by Crippen LogP contribution is -2.07. The summed E-state index contributed by atoms with van der Waals surface area (Å²) in [5.41, 5.74) is 6.30. The average molecular weight is 349 g/mol. The molecular formula is C10H8Br2FN3. The molecule has 0 spiro atoms. The van der Waals surface area contributed by atoms with E-state index in [1.54, 1.807) is 18.3 Å². The van der Waals surface area contributed by atoms with Crippen molar-refractivity contribution in [3.05, 3.63) is 44.7 Å². The minimum Gasteiger partial charge on any atom is -0.383 e. The van der Waals surface area contributed by atoms with Crippen molar-refractivity contribution in [2.24, 2.45) is 0 Å². The van der Waals surface area contributed by atoms with Crippen LogP contribution in [0.25, 0.3) is 0 Å². The summed E-state index contributed by atoms with van der Waals surface area (Å²) in [6, 6.07) is 4.78. The number of hydrogen-bond acceptors (Lipinski definition) is 2. The molecule has 84 valence electrons. The smallest absolute Gasteiger partial charge is 0.136 e. The number of rotatable bonds is 2. The van der Waals surface area contributed by atoms with Crippen molar-refractivity contribution in [3.63, 3.8) is 0 Å². The Morgan fingerprint density at radius 1 is 1.38 bits per heavy atom. The maximum atomic E-state index is 13.5. The van der Waals surface area contributed by atoms with Gasteiger partial charge in [0, 0.05) is 10.0 Å². The molecule has 2 N–H and O–H groups in total. The highest BCUT2D eigenvalue weighted by atomic mass is 79.9. The van der Waals surface area contributed by atoms with Gasteiger partial charge in [-0.1, -0.05) is 15.9 Å². The number of halogens is 3. The molecule has 1 aromatic carbocycles. The first-order chi connectivity index (χ1) is 7.58. The van der Waals surface area contributed by atoms with Gasteiger partial charge in [0.2, 0.25) is 0 Å². The van der Waals surface area contributed by atoms with Crippen LogP contribution in [0, 0.1) is 5.82 Å². The molecule has 2 rings (SSSR count). The van der Waals surface area contributed by atoms with Crippen molar-refractivity contribution in [1.29, 1.82) is 0 Å². The Hall–Kier alpha value is -0.880. The molecule has 0 fully saturated rings. The van der Waals surface area contributed by atoms with Crippen LogP contribution < -0.4 is 5.73 Å². The third-order valence-electron chi connectivity index (χ3n) is 2.16. The normalized spacial score (nSPS) is 10.7. The maximum Gasteiger partial charge on any atom is 0.136 e. The molecule has 2 aromatic rings. The minimum atomic E-state index is -0.269. The lowest BCUT2D eigenvalue weighted by molar-refractivity contribution is 0.587. The Labute approximate surface area is 109 Å². The van der Waals surface area contributed by atoms with Crippen molar-refractivity contribution in [1.82, 2.24) is 9.78 Å². The molecule has 3 nitrogen and oxygen atoms in total. The molecule has 0 saturated carbocycles. The highest BCUT2D eigenvalue weighted by Crippen LogP contribution is 2.21. The Kier molecular flexibility index (Phi) is 3.30. The van der Waals surface area contributed by atoms with Crippen LogP contribution in [0.15, 0.2) is 33.3 Å². The van der Waals surface area contributed by atoms with Gasteiger partial charge in [-0.25, -0.2) is 9.07 Å². The Bertz CT molecular complexity index is 525. The zero-order valence-electron chi connectivity index (χ0n) is 8.12. The number of nitrogens with zero attached hydrogens (tertiary/aromatic N) is 2. The van der Waals surface area contributed by atoms with Gasteiger partial charge < -0.3 is 5.73 Å². The Balaban J connectivity index is 2.33. The van der Waals surface area contributed by atoms with E-state index >= 15 is 0 Å². The van der Waals surface area contributed by atoms with Crippen molar-refractivity contribution in [2.45, 2.75) is 6.54 Å². The van der Waals surface area contributed by atoms with E-state index in [2.05, 4.69) is 37.0 Å². The van der Waals surface area contributed by atoms with Crippen molar-refractivity contribution >= 4 is 37.7 Å². The van der Waals surface area contributed by atoms with Gasteiger partial charge in [-0.15, -0.1) is 0 Å². The second-order valence-corrected chi connectivity index (χ2v) is 5.04. The summed E-state index contributed by atoms with van der Waals surface area (Å²) >= 11 is 6.55. The van der Waals surface area contributed by atoms with Crippen molar-refractivity contribution in [2.75, 3.05) is 5.73 Å². The SMILES string of the molecule is Nc1c(Br)cnn1Cc1cc(Br)ccc1F. The Morgan fingerprint density at radius 2 is 2.12 bits per heavy atom. The molecule has 0 unspecified atom stereocenters. The molecule has 0 aliphatic rings. The standard InChI is InChI=1S/C10H8Br2FN3/c11-7-1-2-9(13)6(3-7)5-16-10(14)8(12)4-15-16/h1-4H,5,14H2. The second-order valence-electron chi connectivity index (χ2n) is 3.27. The van der Waals surface area contributed by atoms with Crippen LogP contribution in [0.2, 0.25) is 0 Å². The number of aromatic nitrogens is 2. The van der Waals surface area contributed by atoms with E-state index in [4.69, 9.17) is 5.73 Å². The van der Waals surface area contributed by atoms with E-state index in [0.717, 1.165) is 4.47 Å². The molecule has 1 aromatic heterocycles. The van der Waals surface area contributed by atoms with Gasteiger partial charge in [0.15, 0.2) is 0 Å². The number of benzene rings is 1. The van der Waals surface area contributed by atoms with Crippen LogP contribution in [-0.2, 0) is 6.54 Å². The van der Waals surface area contributed by atoms with E-state index in [-0.39, 0.29) is 5.82 Å². The van der Waals surface area contributed by atoms with Gasteiger partial charge in [0.05, 0.1) is 17.2 Å². The van der Waals surface area contributed by atoms with Gasteiger partial charge in [0.1, 0.15) is 11.6 Å². The van der Waals surface area contributed by atoms with E-state index in [0.29, 0.717) is 22.4 Å². The summed E-state index contributed by atoms with van der Waals surface area (Å²) < 4.78 is 16.6. The molecule has 1 heterocycles. The van der Waals surface area contributed by atoms with E-state index < -0.39 is 0 Å². The first-order valence-electron chi connectivity index (χ1n) is 4.48. The maximum absolute atomic E-state index is 13.5. The van der Waals surface area contributed by atoms with Gasteiger partial charge in [0.25, 0.3) is 0 Å². The van der Waals surface area contributed by atoms with Crippen LogP contribution in [0.3, 0.4) is 0 Å². The largest absolute Gasteiger partial charge is 0.383 e. The van der Waals surface area contributed by atoms with Crippen molar-refractivity contribution < 1.29 is 4.39 Å². The summed E-state index contributed by atoms with van der Waals surface area (Å²) in [6.45, 7) is 0.308. The summed E-state index contributed by atoms with van der Waals surface area (Å²) in [5, 5.41) is 4.04. The van der Waals surface area contributed by atoms with E-state index in [9.17, 15) is 4.39 Å². The molecule has 0 atom stereocenters. The lowest BCUT2D eigenvalue weighted by Gasteiger charge is -2.06. The number of hydrogen-bond donors (Lipinski definition) is 1. The monoisotopic (exact) mass is 347 g/mol. The highest BCUT2D eigenvalue weighted by molar-refractivity contribution is 9.10. The quantitative estimate of drug-likeness (QED) is 0.905. The van der Waals surface area contributed by atoms with Crippen LogP contribution >= 0.6 is 31.9 Å². The van der Waals surface area contributed by atoms with E-state index in [1.165, 1.54) is 10.7 Å². The summed E-state index contributed by atoms with van der Waals surface area (Å²) in [4.78, 5) is 0. The van der Waals surface area contributed by atoms with Crippen LogP contribution in [0.1, 0.15) is 5.56 Å². The van der Waals surface area contributed by atoms with Gasteiger partial charge in [-0.05, 0) is 34.1 Å². The van der Waals surface area contributed by atoms with Crippen molar-refractivity contribution in [3.8, 4) is 0 Å². The van der Waals surface area contributed by atoms with Gasteiger partial charge in [-0.3, -0.25) is 0 Å². The molecule has 0 aliphatic carbocycles. The molecular weight excluding hydrogens is 341 g/mol. The number of anilines is 1. The molecule has 0 amide bonds. The third-order valence-corrected chi connectivity index (χ3v) is 3.27. The fourth-order valence-corrected chi connectivity index (χ4v) is 2.03. The molecule has 16 heavy (non-hydrogen) atoms. The lowest BCUT2D eigenvalue weighted by atomic mass is 10.2. The number of nitrogen functional groups attached to an aromatic ring is 1. The fraction of sp³-hybridized carbons (Fsp3) is 0.100. The second kappa shape index (κ2) is 4.55. The molecule has 0 saturated heterocycles. The first kappa shape index (κ1) is 11.6. The van der Waals surface area contributed by atoms with E-state index in [1.807, 2.05) is 0 Å². The molecule has 0 bridgehead atoms. The number of nitrogens with two attached hydrogens (primary N) is 1. The van der Waals surface area contributed by atoms with Gasteiger partial charge >= 0.3 is 0 Å². The summed E-state index contributed by atoms with van der Waals surface area (Å²) in [5.74, 6) is 0.216.